The molecule has 0 saturated heterocycles. The van der Waals surface area contributed by atoms with E-state index in [9.17, 15) is 4.79 Å². The van der Waals surface area contributed by atoms with Crippen LogP contribution in [-0.4, -0.2) is 55.4 Å². The van der Waals surface area contributed by atoms with Gasteiger partial charge < -0.3 is 15.1 Å². The van der Waals surface area contributed by atoms with Gasteiger partial charge in [-0.3, -0.25) is 4.79 Å². The minimum absolute atomic E-state index is 0.00216. The van der Waals surface area contributed by atoms with Gasteiger partial charge in [0.2, 0.25) is 5.91 Å². The number of amides is 1. The van der Waals surface area contributed by atoms with Crippen LogP contribution in [0.2, 0.25) is 4.34 Å². The van der Waals surface area contributed by atoms with E-state index >= 15 is 0 Å². The predicted octanol–water partition coefficient (Wildman–Crippen LogP) is 2.03. The quantitative estimate of drug-likeness (QED) is 0.664. The second-order valence-corrected chi connectivity index (χ2v) is 7.21. The van der Waals surface area contributed by atoms with Crippen LogP contribution in [0.5, 0.6) is 0 Å². The van der Waals surface area contributed by atoms with E-state index in [4.69, 9.17) is 11.6 Å². The summed E-state index contributed by atoms with van der Waals surface area (Å²) in [5.41, 5.74) is 0. The highest BCUT2D eigenvalue weighted by Crippen LogP contribution is 2.23. The van der Waals surface area contributed by atoms with Gasteiger partial charge in [-0.1, -0.05) is 11.6 Å². The van der Waals surface area contributed by atoms with Crippen LogP contribution < -0.4 is 5.32 Å². The lowest BCUT2D eigenvalue weighted by Crippen LogP contribution is -2.40. The van der Waals surface area contributed by atoms with Gasteiger partial charge in [-0.2, -0.15) is 0 Å². The number of rotatable bonds is 5. The maximum absolute atomic E-state index is 11.7. The number of nitrogens with zero attached hydrogens (tertiary/aromatic N) is 3. The summed E-state index contributed by atoms with van der Waals surface area (Å²) in [6, 6.07) is 4.41. The SMILES string of the molecule is CN(C)C(=O)CN=C(NC1CC1)N(C)Cc1ccc(Cl)s1. The maximum Gasteiger partial charge on any atom is 0.243 e. The number of aliphatic imine (C=N–C) groups is 1. The molecular weight excluding hydrogens is 308 g/mol. The van der Waals surface area contributed by atoms with Crippen molar-refractivity contribution in [3.05, 3.63) is 21.3 Å². The van der Waals surface area contributed by atoms with Crippen molar-refractivity contribution in [2.75, 3.05) is 27.7 Å². The van der Waals surface area contributed by atoms with Crippen molar-refractivity contribution in [1.29, 1.82) is 0 Å². The maximum atomic E-state index is 11.7. The molecule has 5 nitrogen and oxygen atoms in total. The Hall–Kier alpha value is -1.27. The van der Waals surface area contributed by atoms with Gasteiger partial charge in [0.05, 0.1) is 10.9 Å². The van der Waals surface area contributed by atoms with Gasteiger partial charge in [-0.05, 0) is 25.0 Å². The molecule has 1 aliphatic carbocycles. The molecule has 1 amide bonds. The number of guanidine groups is 1. The number of halogens is 1. The van der Waals surface area contributed by atoms with Crippen LogP contribution in [0.3, 0.4) is 0 Å². The number of likely N-dealkylation sites (N-methyl/N-ethyl adjacent to an activating group) is 1. The summed E-state index contributed by atoms with van der Waals surface area (Å²) in [6.07, 6.45) is 2.33. The first-order valence-electron chi connectivity index (χ1n) is 6.92. The molecule has 21 heavy (non-hydrogen) atoms. The van der Waals surface area contributed by atoms with Crippen molar-refractivity contribution in [2.45, 2.75) is 25.4 Å². The Bertz CT molecular complexity index is 525. The van der Waals surface area contributed by atoms with Gasteiger partial charge in [0.1, 0.15) is 6.54 Å². The Balaban J connectivity index is 1.99. The highest BCUT2D eigenvalue weighted by molar-refractivity contribution is 7.16. The lowest BCUT2D eigenvalue weighted by Gasteiger charge is -2.22. The van der Waals surface area contributed by atoms with Crippen molar-refractivity contribution in [3.63, 3.8) is 0 Å². The number of carbonyl (C=O) groups is 1. The second kappa shape index (κ2) is 7.13. The predicted molar refractivity (Wildman–Crippen MR) is 87.9 cm³/mol. The van der Waals surface area contributed by atoms with Crippen molar-refractivity contribution in [3.8, 4) is 0 Å². The average Bonchev–Trinajstić information content (AvgIpc) is 3.16. The molecule has 116 valence electrons. The molecule has 0 aliphatic heterocycles. The van der Waals surface area contributed by atoms with E-state index in [0.717, 1.165) is 16.8 Å². The molecule has 0 unspecified atom stereocenters. The molecule has 1 aliphatic rings. The monoisotopic (exact) mass is 328 g/mol. The van der Waals surface area contributed by atoms with Gasteiger partial charge in [-0.15, -0.1) is 11.3 Å². The Morgan fingerprint density at radius 2 is 2.14 bits per heavy atom. The van der Waals surface area contributed by atoms with Crippen molar-refractivity contribution in [1.82, 2.24) is 15.1 Å². The molecule has 2 rings (SSSR count). The van der Waals surface area contributed by atoms with Crippen LogP contribution in [0.15, 0.2) is 17.1 Å². The fraction of sp³-hybridized carbons (Fsp3) is 0.571. The molecular formula is C14H21ClN4OS. The number of hydrogen-bond acceptors (Lipinski definition) is 3. The Morgan fingerprint density at radius 3 is 2.67 bits per heavy atom. The van der Waals surface area contributed by atoms with Gasteiger partial charge in [0.15, 0.2) is 5.96 Å². The third-order valence-electron chi connectivity index (χ3n) is 3.16. The van der Waals surface area contributed by atoms with E-state index < -0.39 is 0 Å². The van der Waals surface area contributed by atoms with Crippen LogP contribution in [-0.2, 0) is 11.3 Å². The molecule has 1 heterocycles. The van der Waals surface area contributed by atoms with Crippen LogP contribution in [0.4, 0.5) is 0 Å². The highest BCUT2D eigenvalue weighted by Gasteiger charge is 2.24. The molecule has 1 aromatic rings. The zero-order chi connectivity index (χ0) is 15.4. The van der Waals surface area contributed by atoms with Gasteiger partial charge in [0.25, 0.3) is 0 Å². The lowest BCUT2D eigenvalue weighted by atomic mass is 10.4. The number of hydrogen-bond donors (Lipinski definition) is 1. The molecule has 1 fully saturated rings. The largest absolute Gasteiger partial charge is 0.353 e. The first-order chi connectivity index (χ1) is 9.95. The van der Waals surface area contributed by atoms with Crippen LogP contribution >= 0.6 is 22.9 Å². The van der Waals surface area contributed by atoms with Crippen molar-refractivity contribution in [2.24, 2.45) is 4.99 Å². The van der Waals surface area contributed by atoms with Crippen molar-refractivity contribution >= 4 is 34.8 Å². The van der Waals surface area contributed by atoms with E-state index in [-0.39, 0.29) is 12.5 Å². The summed E-state index contributed by atoms with van der Waals surface area (Å²) in [5, 5.41) is 3.39. The van der Waals surface area contributed by atoms with Crippen LogP contribution in [0.25, 0.3) is 0 Å². The fourth-order valence-electron chi connectivity index (χ4n) is 1.72. The topological polar surface area (TPSA) is 47.9 Å². The zero-order valence-electron chi connectivity index (χ0n) is 12.6. The summed E-state index contributed by atoms with van der Waals surface area (Å²) in [5.74, 6) is 0.773. The second-order valence-electron chi connectivity index (χ2n) is 5.41. The van der Waals surface area contributed by atoms with Crippen LogP contribution in [0.1, 0.15) is 17.7 Å². The third kappa shape index (κ3) is 5.21. The van der Waals surface area contributed by atoms with E-state index in [1.165, 1.54) is 17.7 Å². The normalized spacial score (nSPS) is 15.0. The standard InChI is InChI=1S/C14H21ClN4OS/c1-18(2)13(20)8-16-14(17-10-4-5-10)19(3)9-11-6-7-12(15)21-11/h6-7,10H,4-5,8-9H2,1-3H3,(H,16,17). The number of thiophene rings is 1. The summed E-state index contributed by atoms with van der Waals surface area (Å²) in [7, 11) is 5.45. The summed E-state index contributed by atoms with van der Waals surface area (Å²) < 4.78 is 0.787. The molecule has 1 N–H and O–H groups in total. The molecule has 0 bridgehead atoms. The van der Waals surface area contributed by atoms with Gasteiger partial charge in [0, 0.05) is 32.1 Å². The van der Waals surface area contributed by atoms with E-state index in [1.807, 2.05) is 24.1 Å². The smallest absolute Gasteiger partial charge is 0.243 e. The van der Waals surface area contributed by atoms with Crippen molar-refractivity contribution < 1.29 is 4.79 Å². The average molecular weight is 329 g/mol. The highest BCUT2D eigenvalue weighted by atomic mass is 35.5. The molecule has 0 aromatic carbocycles. The Morgan fingerprint density at radius 1 is 1.43 bits per heavy atom. The summed E-state index contributed by atoms with van der Waals surface area (Å²) in [6.45, 7) is 0.893. The molecule has 0 spiro atoms. The van der Waals surface area contributed by atoms with Gasteiger partial charge >= 0.3 is 0 Å². The first kappa shape index (κ1) is 16.1. The zero-order valence-corrected chi connectivity index (χ0v) is 14.2. The number of nitrogens with one attached hydrogen (secondary N) is 1. The molecule has 1 saturated carbocycles. The Labute approximate surface area is 134 Å². The van der Waals surface area contributed by atoms with E-state index in [0.29, 0.717) is 6.04 Å². The Kier molecular flexibility index (Phi) is 5.47. The molecule has 0 radical (unpaired) electrons. The summed E-state index contributed by atoms with van der Waals surface area (Å²) >= 11 is 7.52. The molecule has 0 atom stereocenters. The lowest BCUT2D eigenvalue weighted by molar-refractivity contribution is -0.127. The fourth-order valence-corrected chi connectivity index (χ4v) is 2.86. The molecule has 7 heteroatoms. The summed E-state index contributed by atoms with van der Waals surface area (Å²) in [4.78, 5) is 20.9. The molecule has 1 aromatic heterocycles. The minimum Gasteiger partial charge on any atom is -0.353 e. The van der Waals surface area contributed by atoms with Gasteiger partial charge in [-0.25, -0.2) is 4.99 Å². The third-order valence-corrected chi connectivity index (χ3v) is 4.37. The van der Waals surface area contributed by atoms with E-state index in [2.05, 4.69) is 10.3 Å². The first-order valence-corrected chi connectivity index (χ1v) is 8.11. The minimum atomic E-state index is -0.00216. The van der Waals surface area contributed by atoms with E-state index in [1.54, 1.807) is 30.3 Å². The number of carbonyl (C=O) groups excluding carboxylic acids is 1. The van der Waals surface area contributed by atoms with Crippen LogP contribution in [0, 0.1) is 0 Å².